The van der Waals surface area contributed by atoms with Crippen molar-refractivity contribution in [2.45, 2.75) is 38.6 Å². The number of para-hydroxylation sites is 1. The quantitative estimate of drug-likeness (QED) is 0.195. The first-order chi connectivity index (χ1) is 15.6. The highest BCUT2D eigenvalue weighted by Crippen LogP contribution is 2.33. The van der Waals surface area contributed by atoms with E-state index in [1.54, 1.807) is 18.3 Å². The van der Waals surface area contributed by atoms with E-state index >= 15 is 0 Å². The highest BCUT2D eigenvalue weighted by atomic mass is 16.6. The zero-order chi connectivity index (χ0) is 22.1. The second-order valence-corrected chi connectivity index (χ2v) is 8.29. The maximum atomic E-state index is 11.4. The standard InChI is InChI=1S/C26H25N3O3/c1-2-20-7-5-6-14-28(20)24-13-11-21(29(30)31)15-18(24)17-27-19-10-12-23-22-8-3-4-9-25(22)32-26(23)16-19/h3-4,8-13,15-17,20H,2,5-7,14H2,1H3/t20-/m1/s1. The Morgan fingerprint density at radius 2 is 1.94 bits per heavy atom. The molecule has 6 nitrogen and oxygen atoms in total. The van der Waals surface area contributed by atoms with Crippen LogP contribution in [0, 0.1) is 10.1 Å². The number of fused-ring (bicyclic) bond motifs is 3. The van der Waals surface area contributed by atoms with Gasteiger partial charge in [-0.25, -0.2) is 0 Å². The van der Waals surface area contributed by atoms with Gasteiger partial charge in [0.25, 0.3) is 5.69 Å². The molecule has 0 N–H and O–H groups in total. The van der Waals surface area contributed by atoms with Crippen LogP contribution in [0.15, 0.2) is 70.1 Å². The van der Waals surface area contributed by atoms with Crippen molar-refractivity contribution in [2.24, 2.45) is 4.99 Å². The number of furan rings is 1. The molecule has 162 valence electrons. The second kappa shape index (κ2) is 8.46. The maximum absolute atomic E-state index is 11.4. The summed E-state index contributed by atoms with van der Waals surface area (Å²) in [5.74, 6) is 0. The molecule has 0 amide bonds. The number of nitro groups is 1. The zero-order valence-electron chi connectivity index (χ0n) is 18.0. The van der Waals surface area contributed by atoms with E-state index in [2.05, 4.69) is 16.8 Å². The third-order valence-electron chi connectivity index (χ3n) is 6.34. The fraction of sp³-hybridized carbons (Fsp3) is 0.269. The topological polar surface area (TPSA) is 71.9 Å². The molecule has 0 saturated carbocycles. The van der Waals surface area contributed by atoms with Crippen molar-refractivity contribution in [1.29, 1.82) is 0 Å². The number of hydrogen-bond donors (Lipinski definition) is 0. The minimum absolute atomic E-state index is 0.0768. The molecule has 1 aliphatic rings. The van der Waals surface area contributed by atoms with Crippen LogP contribution >= 0.6 is 0 Å². The Balaban J connectivity index is 1.53. The highest BCUT2D eigenvalue weighted by Gasteiger charge is 2.24. The fourth-order valence-corrected chi connectivity index (χ4v) is 4.70. The van der Waals surface area contributed by atoms with E-state index in [1.807, 2.05) is 48.5 Å². The maximum Gasteiger partial charge on any atom is 0.270 e. The summed E-state index contributed by atoms with van der Waals surface area (Å²) in [7, 11) is 0. The number of hydrogen-bond acceptors (Lipinski definition) is 5. The molecule has 0 spiro atoms. The van der Waals surface area contributed by atoms with Crippen molar-refractivity contribution in [2.75, 3.05) is 11.4 Å². The monoisotopic (exact) mass is 427 g/mol. The molecule has 0 bridgehead atoms. The van der Waals surface area contributed by atoms with Gasteiger partial charge < -0.3 is 9.32 Å². The van der Waals surface area contributed by atoms with Crippen LogP contribution in [0.4, 0.5) is 17.1 Å². The number of piperidine rings is 1. The van der Waals surface area contributed by atoms with E-state index in [0.717, 1.165) is 64.7 Å². The number of benzene rings is 3. The van der Waals surface area contributed by atoms with Crippen LogP contribution in [0.25, 0.3) is 21.9 Å². The number of non-ortho nitro benzene ring substituents is 1. The summed E-state index contributed by atoms with van der Waals surface area (Å²) >= 11 is 0. The van der Waals surface area contributed by atoms with E-state index in [9.17, 15) is 10.1 Å². The van der Waals surface area contributed by atoms with Gasteiger partial charge in [0.1, 0.15) is 11.2 Å². The normalized spacial score (nSPS) is 16.9. The minimum atomic E-state index is -0.352. The summed E-state index contributed by atoms with van der Waals surface area (Å²) in [5.41, 5.74) is 4.23. The lowest BCUT2D eigenvalue weighted by molar-refractivity contribution is -0.384. The lowest BCUT2D eigenvalue weighted by atomic mass is 9.98. The number of nitro benzene ring substituents is 1. The van der Waals surface area contributed by atoms with Crippen LogP contribution in [0.2, 0.25) is 0 Å². The molecule has 4 aromatic rings. The van der Waals surface area contributed by atoms with Gasteiger partial charge in [-0.3, -0.25) is 15.1 Å². The van der Waals surface area contributed by atoms with Gasteiger partial charge in [-0.2, -0.15) is 0 Å². The lowest BCUT2D eigenvalue weighted by Crippen LogP contribution is -2.39. The van der Waals surface area contributed by atoms with Crippen molar-refractivity contribution >= 4 is 45.2 Å². The third kappa shape index (κ3) is 3.73. The van der Waals surface area contributed by atoms with Crippen LogP contribution in [0.5, 0.6) is 0 Å². The van der Waals surface area contributed by atoms with Crippen LogP contribution in [-0.2, 0) is 0 Å². The first-order valence-electron chi connectivity index (χ1n) is 11.1. The molecule has 1 fully saturated rings. The van der Waals surface area contributed by atoms with Gasteiger partial charge in [0, 0.05) is 59.0 Å². The summed E-state index contributed by atoms with van der Waals surface area (Å²) in [6.45, 7) is 3.16. The van der Waals surface area contributed by atoms with Crippen LogP contribution in [0.1, 0.15) is 38.2 Å². The van der Waals surface area contributed by atoms with Gasteiger partial charge in [-0.05, 0) is 49.9 Å². The molecule has 0 aliphatic carbocycles. The van der Waals surface area contributed by atoms with E-state index in [0.29, 0.717) is 6.04 Å². The first kappa shape index (κ1) is 20.2. The van der Waals surface area contributed by atoms with Gasteiger partial charge in [0.05, 0.1) is 10.6 Å². The molecule has 1 atom stereocenters. The predicted molar refractivity (Wildman–Crippen MR) is 129 cm³/mol. The van der Waals surface area contributed by atoms with Crippen LogP contribution in [0.3, 0.4) is 0 Å². The van der Waals surface area contributed by atoms with Gasteiger partial charge in [0.15, 0.2) is 0 Å². The largest absolute Gasteiger partial charge is 0.456 e. The molecule has 6 heteroatoms. The number of anilines is 1. The predicted octanol–water partition coefficient (Wildman–Crippen LogP) is 7.01. The van der Waals surface area contributed by atoms with Crippen molar-refractivity contribution in [1.82, 2.24) is 0 Å². The Bertz CT molecular complexity index is 1320. The van der Waals surface area contributed by atoms with Crippen molar-refractivity contribution in [3.8, 4) is 0 Å². The Kier molecular flexibility index (Phi) is 5.35. The number of aliphatic imine (C=N–C) groups is 1. The molecule has 1 aromatic heterocycles. The van der Waals surface area contributed by atoms with Crippen molar-refractivity contribution in [3.63, 3.8) is 0 Å². The van der Waals surface area contributed by atoms with E-state index in [4.69, 9.17) is 4.42 Å². The second-order valence-electron chi connectivity index (χ2n) is 8.29. The smallest absolute Gasteiger partial charge is 0.270 e. The Morgan fingerprint density at radius 3 is 2.78 bits per heavy atom. The molecule has 5 rings (SSSR count). The molecule has 1 aliphatic heterocycles. The van der Waals surface area contributed by atoms with Crippen LogP contribution < -0.4 is 4.90 Å². The van der Waals surface area contributed by atoms with E-state index in [-0.39, 0.29) is 10.6 Å². The van der Waals surface area contributed by atoms with Crippen molar-refractivity contribution in [3.05, 3.63) is 76.3 Å². The Morgan fingerprint density at radius 1 is 1.09 bits per heavy atom. The molecule has 2 heterocycles. The first-order valence-corrected chi connectivity index (χ1v) is 11.1. The summed E-state index contributed by atoms with van der Waals surface area (Å²) in [4.78, 5) is 18.1. The number of rotatable bonds is 5. The van der Waals surface area contributed by atoms with Crippen molar-refractivity contribution < 1.29 is 9.34 Å². The molecule has 0 unspecified atom stereocenters. The highest BCUT2D eigenvalue weighted by molar-refractivity contribution is 6.05. The minimum Gasteiger partial charge on any atom is -0.456 e. The summed E-state index contributed by atoms with van der Waals surface area (Å²) in [5, 5.41) is 13.5. The summed E-state index contributed by atoms with van der Waals surface area (Å²) in [6, 6.07) is 19.4. The molecule has 1 saturated heterocycles. The van der Waals surface area contributed by atoms with Gasteiger partial charge in [-0.15, -0.1) is 0 Å². The van der Waals surface area contributed by atoms with E-state index < -0.39 is 0 Å². The Hall–Kier alpha value is -3.67. The zero-order valence-corrected chi connectivity index (χ0v) is 18.0. The third-order valence-corrected chi connectivity index (χ3v) is 6.34. The molecule has 0 radical (unpaired) electrons. The molecule has 3 aromatic carbocycles. The molecular weight excluding hydrogens is 402 g/mol. The van der Waals surface area contributed by atoms with Crippen LogP contribution in [-0.4, -0.2) is 23.7 Å². The SMILES string of the molecule is CC[C@@H]1CCCCN1c1ccc([N+](=O)[O-])cc1C=Nc1ccc2c(c1)oc1ccccc12. The van der Waals surface area contributed by atoms with Gasteiger partial charge in [0.2, 0.25) is 0 Å². The van der Waals surface area contributed by atoms with Gasteiger partial charge >= 0.3 is 0 Å². The summed E-state index contributed by atoms with van der Waals surface area (Å²) < 4.78 is 5.97. The lowest BCUT2D eigenvalue weighted by Gasteiger charge is -2.38. The average molecular weight is 428 g/mol. The summed E-state index contributed by atoms with van der Waals surface area (Å²) in [6.07, 6.45) is 6.30. The fourth-order valence-electron chi connectivity index (χ4n) is 4.70. The molecular formula is C26H25N3O3. The van der Waals surface area contributed by atoms with E-state index in [1.165, 1.54) is 6.42 Å². The Labute approximate surface area is 186 Å². The molecule has 32 heavy (non-hydrogen) atoms. The number of nitrogens with zero attached hydrogens (tertiary/aromatic N) is 3. The average Bonchev–Trinajstić information content (AvgIpc) is 3.20. The van der Waals surface area contributed by atoms with Gasteiger partial charge in [-0.1, -0.05) is 25.1 Å².